The number of thioether (sulfide) groups is 1. The van der Waals surface area contributed by atoms with E-state index >= 15 is 0 Å². The van der Waals surface area contributed by atoms with E-state index in [4.69, 9.17) is 15.2 Å². The van der Waals surface area contributed by atoms with E-state index in [0.29, 0.717) is 30.0 Å². The molecule has 2 N–H and O–H groups in total. The molecule has 0 radical (unpaired) electrons. The Labute approximate surface area is 169 Å². The van der Waals surface area contributed by atoms with Gasteiger partial charge < -0.3 is 15.2 Å². The highest BCUT2D eigenvalue weighted by Gasteiger charge is 2.29. The fourth-order valence-corrected chi connectivity index (χ4v) is 4.16. The van der Waals surface area contributed by atoms with Gasteiger partial charge in [0.25, 0.3) is 0 Å². The number of amidine groups is 1. The van der Waals surface area contributed by atoms with Crippen LogP contribution in [0.4, 0.5) is 0 Å². The van der Waals surface area contributed by atoms with Crippen molar-refractivity contribution in [2.24, 2.45) is 17.8 Å². The van der Waals surface area contributed by atoms with Gasteiger partial charge in [-0.05, 0) is 24.5 Å². The van der Waals surface area contributed by atoms with Gasteiger partial charge in [0.2, 0.25) is 5.88 Å². The molecule has 0 fully saturated rings. The second kappa shape index (κ2) is 8.79. The summed E-state index contributed by atoms with van der Waals surface area (Å²) in [4.78, 5) is 17.5. The standard InChI is InChI=1S/C20H26N4O3S/c1-20(7-10-28-19(21)22-20)15-6-4-5-14(11-15)12-17(25)16-13-18(23-24(16)2)27-9-8-26-3/h4-6,11,13H,7-10,12H2,1-3H3,(H2,21,22)/t20-/m0/s1. The Balaban J connectivity index is 1.74. The number of carbonyl (C=O) groups is 1. The minimum atomic E-state index is -0.344. The third kappa shape index (κ3) is 4.74. The van der Waals surface area contributed by atoms with Gasteiger partial charge in [0, 0.05) is 32.4 Å². The van der Waals surface area contributed by atoms with Gasteiger partial charge in [-0.2, -0.15) is 0 Å². The molecule has 2 aromatic rings. The molecule has 0 unspecified atom stereocenters. The van der Waals surface area contributed by atoms with E-state index in [0.717, 1.165) is 23.3 Å². The van der Waals surface area contributed by atoms with Gasteiger partial charge in [0.15, 0.2) is 11.0 Å². The molecule has 28 heavy (non-hydrogen) atoms. The second-order valence-electron chi connectivity index (χ2n) is 6.96. The number of rotatable bonds is 8. The fraction of sp³-hybridized carbons (Fsp3) is 0.450. The number of methoxy groups -OCH3 is 1. The maximum Gasteiger partial charge on any atom is 0.233 e. The summed E-state index contributed by atoms with van der Waals surface area (Å²) in [6.07, 6.45) is 1.20. The molecule has 0 saturated carbocycles. The molecule has 0 saturated heterocycles. The number of carbonyl (C=O) groups excluding carboxylic acids is 1. The average Bonchev–Trinajstić information content (AvgIpc) is 3.03. The van der Waals surface area contributed by atoms with E-state index in [1.807, 2.05) is 18.2 Å². The van der Waals surface area contributed by atoms with Gasteiger partial charge in [0.1, 0.15) is 12.3 Å². The summed E-state index contributed by atoms with van der Waals surface area (Å²) in [5.74, 6) is 1.35. The van der Waals surface area contributed by atoms with Crippen molar-refractivity contribution >= 4 is 22.7 Å². The Bertz CT molecular complexity index is 880. The number of hydrogen-bond donors (Lipinski definition) is 1. The monoisotopic (exact) mass is 402 g/mol. The van der Waals surface area contributed by atoms with E-state index in [1.165, 1.54) is 0 Å². The van der Waals surface area contributed by atoms with Crippen LogP contribution < -0.4 is 10.5 Å². The molecule has 0 bridgehead atoms. The van der Waals surface area contributed by atoms with Crippen molar-refractivity contribution in [3.63, 3.8) is 0 Å². The maximum absolute atomic E-state index is 12.8. The highest BCUT2D eigenvalue weighted by atomic mass is 32.2. The average molecular weight is 403 g/mol. The first-order chi connectivity index (χ1) is 13.4. The van der Waals surface area contributed by atoms with Crippen LogP contribution in [0.3, 0.4) is 0 Å². The lowest BCUT2D eigenvalue weighted by Gasteiger charge is -2.30. The van der Waals surface area contributed by atoms with Crippen molar-refractivity contribution in [3.8, 4) is 5.88 Å². The van der Waals surface area contributed by atoms with E-state index in [2.05, 4.69) is 23.1 Å². The quantitative estimate of drug-likeness (QED) is 0.539. The predicted molar refractivity (Wildman–Crippen MR) is 111 cm³/mol. The first-order valence-electron chi connectivity index (χ1n) is 9.18. The van der Waals surface area contributed by atoms with Crippen LogP contribution in [0.15, 0.2) is 35.3 Å². The van der Waals surface area contributed by atoms with Crippen LogP contribution >= 0.6 is 11.8 Å². The number of Topliss-reactive ketones (excluding diaryl/α,β-unsaturated/α-hetero) is 1. The smallest absolute Gasteiger partial charge is 0.233 e. The SMILES string of the molecule is COCCOc1cc(C(=O)Cc2cccc([C@]3(C)CCSC(N)=N3)c2)n(C)n1. The molecule has 3 rings (SSSR count). The molecule has 1 aromatic carbocycles. The first-order valence-corrected chi connectivity index (χ1v) is 10.2. The zero-order valence-corrected chi connectivity index (χ0v) is 17.3. The van der Waals surface area contributed by atoms with Crippen molar-refractivity contribution in [1.82, 2.24) is 9.78 Å². The third-order valence-electron chi connectivity index (χ3n) is 4.79. The number of ketones is 1. The van der Waals surface area contributed by atoms with Crippen LogP contribution in [0, 0.1) is 0 Å². The number of aliphatic imine (C=N–C) groups is 1. The molecule has 1 aliphatic heterocycles. The number of hydrogen-bond acceptors (Lipinski definition) is 7. The van der Waals surface area contributed by atoms with Crippen LogP contribution in [-0.4, -0.2) is 46.8 Å². The molecule has 7 nitrogen and oxygen atoms in total. The molecule has 8 heteroatoms. The molecular weight excluding hydrogens is 376 g/mol. The normalized spacial score (nSPS) is 19.3. The van der Waals surface area contributed by atoms with Crippen LogP contribution in [0.5, 0.6) is 5.88 Å². The van der Waals surface area contributed by atoms with E-state index in [9.17, 15) is 4.79 Å². The predicted octanol–water partition coefficient (Wildman–Crippen LogP) is 2.54. The number of ether oxygens (including phenoxy) is 2. The van der Waals surface area contributed by atoms with Crippen molar-refractivity contribution in [2.45, 2.75) is 25.3 Å². The Morgan fingerprint density at radius 2 is 2.18 bits per heavy atom. The summed E-state index contributed by atoms with van der Waals surface area (Å²) in [7, 11) is 3.35. The number of aryl methyl sites for hydroxylation is 1. The summed E-state index contributed by atoms with van der Waals surface area (Å²) in [5, 5.41) is 4.86. The van der Waals surface area contributed by atoms with Crippen LogP contribution in [0.2, 0.25) is 0 Å². The minimum Gasteiger partial charge on any atom is -0.474 e. The third-order valence-corrected chi connectivity index (χ3v) is 5.59. The Morgan fingerprint density at radius 3 is 2.93 bits per heavy atom. The van der Waals surface area contributed by atoms with Crippen LogP contribution in [0.25, 0.3) is 0 Å². The maximum atomic E-state index is 12.8. The van der Waals surface area contributed by atoms with E-state index < -0.39 is 0 Å². The molecule has 0 aliphatic carbocycles. The topological polar surface area (TPSA) is 91.7 Å². The van der Waals surface area contributed by atoms with Gasteiger partial charge in [0.05, 0.1) is 12.1 Å². The zero-order valence-electron chi connectivity index (χ0n) is 16.5. The summed E-state index contributed by atoms with van der Waals surface area (Å²) in [6.45, 7) is 2.95. The second-order valence-corrected chi connectivity index (χ2v) is 8.07. The highest BCUT2D eigenvalue weighted by Crippen LogP contribution is 2.35. The van der Waals surface area contributed by atoms with Crippen LogP contribution in [-0.2, 0) is 23.7 Å². The number of nitrogens with two attached hydrogens (primary N) is 1. The van der Waals surface area contributed by atoms with Crippen molar-refractivity contribution in [2.75, 3.05) is 26.1 Å². The Morgan fingerprint density at radius 1 is 1.36 bits per heavy atom. The van der Waals surface area contributed by atoms with E-state index in [1.54, 1.807) is 36.7 Å². The van der Waals surface area contributed by atoms with Gasteiger partial charge in [-0.1, -0.05) is 36.0 Å². The van der Waals surface area contributed by atoms with Gasteiger partial charge >= 0.3 is 0 Å². The lowest BCUT2D eigenvalue weighted by Crippen LogP contribution is -2.28. The molecule has 0 amide bonds. The molecule has 1 atom stereocenters. The van der Waals surface area contributed by atoms with Crippen molar-refractivity contribution < 1.29 is 14.3 Å². The summed E-state index contributed by atoms with van der Waals surface area (Å²) >= 11 is 1.58. The van der Waals surface area contributed by atoms with Crippen molar-refractivity contribution in [1.29, 1.82) is 0 Å². The number of nitrogens with zero attached hydrogens (tertiary/aromatic N) is 3. The summed E-state index contributed by atoms with van der Waals surface area (Å²) in [6, 6.07) is 9.71. The molecule has 2 heterocycles. The molecule has 1 aliphatic rings. The fourth-order valence-electron chi connectivity index (χ4n) is 3.19. The number of benzene rings is 1. The highest BCUT2D eigenvalue weighted by molar-refractivity contribution is 8.13. The minimum absolute atomic E-state index is 0.0129. The van der Waals surface area contributed by atoms with Gasteiger partial charge in [-0.15, -0.1) is 5.10 Å². The van der Waals surface area contributed by atoms with Gasteiger partial charge in [-0.3, -0.25) is 14.5 Å². The first kappa shape index (κ1) is 20.4. The lowest BCUT2D eigenvalue weighted by molar-refractivity contribution is 0.0984. The van der Waals surface area contributed by atoms with E-state index in [-0.39, 0.29) is 17.7 Å². The molecule has 1 aromatic heterocycles. The largest absolute Gasteiger partial charge is 0.474 e. The molecule has 150 valence electrons. The summed E-state index contributed by atoms with van der Waals surface area (Å²) in [5.41, 5.74) is 8.13. The Hall–Kier alpha value is -2.32. The lowest BCUT2D eigenvalue weighted by atomic mass is 9.88. The van der Waals surface area contributed by atoms with Crippen LogP contribution in [0.1, 0.15) is 35.0 Å². The Kier molecular flexibility index (Phi) is 6.41. The van der Waals surface area contributed by atoms with Gasteiger partial charge in [-0.25, -0.2) is 0 Å². The van der Waals surface area contributed by atoms with Crippen molar-refractivity contribution in [3.05, 3.63) is 47.2 Å². The summed E-state index contributed by atoms with van der Waals surface area (Å²) < 4.78 is 12.0. The molecular formula is C20H26N4O3S. The molecule has 0 spiro atoms. The number of aromatic nitrogens is 2. The zero-order chi connectivity index (χ0) is 20.1.